The molecule has 0 radical (unpaired) electrons. The molecule has 0 aliphatic carbocycles. The van der Waals surface area contributed by atoms with E-state index in [1.54, 1.807) is 24.3 Å². The number of rotatable bonds is 4. The van der Waals surface area contributed by atoms with E-state index >= 15 is 0 Å². The molecule has 22 heavy (non-hydrogen) atoms. The lowest BCUT2D eigenvalue weighted by Gasteiger charge is -2.11. The van der Waals surface area contributed by atoms with E-state index in [-0.39, 0.29) is 18.1 Å². The predicted octanol–water partition coefficient (Wildman–Crippen LogP) is 4.41. The third-order valence-electron chi connectivity index (χ3n) is 2.75. The average molecular weight is 329 g/mol. The number of hydrogen-bond donors (Lipinski definition) is 2. The summed E-state index contributed by atoms with van der Waals surface area (Å²) < 4.78 is 37.7. The van der Waals surface area contributed by atoms with Gasteiger partial charge in [0, 0.05) is 16.4 Å². The molecule has 0 aliphatic heterocycles. The number of nitrogens with one attached hydrogen (secondary N) is 2. The molecule has 0 spiro atoms. The van der Waals surface area contributed by atoms with E-state index in [1.165, 1.54) is 12.1 Å². The van der Waals surface area contributed by atoms with Crippen LogP contribution in [-0.4, -0.2) is 12.5 Å². The Hall–Kier alpha value is -2.21. The van der Waals surface area contributed by atoms with Crippen LogP contribution < -0.4 is 10.6 Å². The molecule has 0 aliphatic rings. The number of carbonyl (C=O) groups is 1. The highest BCUT2D eigenvalue weighted by Crippen LogP contribution is 2.30. The van der Waals surface area contributed by atoms with Gasteiger partial charge < -0.3 is 10.6 Å². The molecule has 0 saturated heterocycles. The molecule has 0 unspecified atom stereocenters. The van der Waals surface area contributed by atoms with Crippen molar-refractivity contribution < 1.29 is 18.0 Å². The van der Waals surface area contributed by atoms with Crippen LogP contribution in [0.15, 0.2) is 48.5 Å². The first-order valence-electron chi connectivity index (χ1n) is 6.31. The summed E-state index contributed by atoms with van der Waals surface area (Å²) in [5, 5.41) is 5.71. The maximum Gasteiger partial charge on any atom is 0.416 e. The van der Waals surface area contributed by atoms with Crippen LogP contribution in [0, 0.1) is 0 Å². The van der Waals surface area contributed by atoms with Crippen molar-refractivity contribution in [1.82, 2.24) is 0 Å². The van der Waals surface area contributed by atoms with Crippen molar-refractivity contribution in [1.29, 1.82) is 0 Å². The molecule has 3 nitrogen and oxygen atoms in total. The number of amides is 1. The first-order valence-corrected chi connectivity index (χ1v) is 6.69. The minimum Gasteiger partial charge on any atom is -0.376 e. The van der Waals surface area contributed by atoms with Crippen LogP contribution in [0.3, 0.4) is 0 Å². The molecule has 0 saturated carbocycles. The van der Waals surface area contributed by atoms with Crippen LogP contribution in [-0.2, 0) is 11.0 Å². The minimum atomic E-state index is -4.42. The van der Waals surface area contributed by atoms with Gasteiger partial charge in [-0.25, -0.2) is 0 Å². The summed E-state index contributed by atoms with van der Waals surface area (Å²) in [4.78, 5) is 11.7. The monoisotopic (exact) mass is 328 g/mol. The van der Waals surface area contributed by atoms with Crippen LogP contribution in [0.4, 0.5) is 24.5 Å². The van der Waals surface area contributed by atoms with Crippen LogP contribution in [0.25, 0.3) is 0 Å². The second-order valence-electron chi connectivity index (χ2n) is 4.49. The van der Waals surface area contributed by atoms with Crippen LogP contribution in [0.5, 0.6) is 0 Å². The van der Waals surface area contributed by atoms with Gasteiger partial charge in [-0.1, -0.05) is 23.7 Å². The number of alkyl halides is 3. The Balaban J connectivity index is 1.94. The van der Waals surface area contributed by atoms with E-state index in [9.17, 15) is 18.0 Å². The second kappa shape index (κ2) is 6.70. The zero-order valence-electron chi connectivity index (χ0n) is 11.2. The summed E-state index contributed by atoms with van der Waals surface area (Å²) in [6, 6.07) is 11.2. The fourth-order valence-electron chi connectivity index (χ4n) is 1.76. The highest BCUT2D eigenvalue weighted by atomic mass is 35.5. The summed E-state index contributed by atoms with van der Waals surface area (Å²) in [5.41, 5.74) is -0.0350. The quantitative estimate of drug-likeness (QED) is 0.873. The molecule has 0 aromatic heterocycles. The number of hydrogen-bond acceptors (Lipinski definition) is 2. The number of carbonyl (C=O) groups excluding carboxylic acids is 1. The second-order valence-corrected chi connectivity index (χ2v) is 4.93. The Morgan fingerprint density at radius 3 is 2.41 bits per heavy atom. The van der Waals surface area contributed by atoms with Crippen molar-refractivity contribution in [2.45, 2.75) is 6.18 Å². The standard InChI is InChI=1S/C15H12ClF3N2O/c16-11-4-2-6-13(8-11)21-14(22)9-20-12-5-1-3-10(7-12)15(17,18)19/h1-8,20H,9H2,(H,21,22). The first kappa shape index (κ1) is 16.2. The summed E-state index contributed by atoms with van der Waals surface area (Å²) in [5.74, 6) is -0.389. The fraction of sp³-hybridized carbons (Fsp3) is 0.133. The van der Waals surface area contributed by atoms with Crippen LogP contribution in [0.1, 0.15) is 5.56 Å². The molecule has 7 heteroatoms. The van der Waals surface area contributed by atoms with Crippen molar-refractivity contribution in [3.63, 3.8) is 0 Å². The smallest absolute Gasteiger partial charge is 0.376 e. The van der Waals surface area contributed by atoms with Gasteiger partial charge >= 0.3 is 6.18 Å². The lowest BCUT2D eigenvalue weighted by Crippen LogP contribution is -2.21. The predicted molar refractivity (Wildman–Crippen MR) is 80.0 cm³/mol. The highest BCUT2D eigenvalue weighted by molar-refractivity contribution is 6.30. The molecule has 2 aromatic rings. The zero-order chi connectivity index (χ0) is 16.2. The molecule has 2 aromatic carbocycles. The molecule has 116 valence electrons. The summed E-state index contributed by atoms with van der Waals surface area (Å²) in [7, 11) is 0. The van der Waals surface area contributed by atoms with Gasteiger partial charge in [0.1, 0.15) is 0 Å². The van der Waals surface area contributed by atoms with Crippen LogP contribution in [0.2, 0.25) is 5.02 Å². The van der Waals surface area contributed by atoms with Gasteiger partial charge in [-0.2, -0.15) is 13.2 Å². The Kier molecular flexibility index (Phi) is 4.92. The van der Waals surface area contributed by atoms with Crippen molar-refractivity contribution in [2.24, 2.45) is 0 Å². The highest BCUT2D eigenvalue weighted by Gasteiger charge is 2.30. The largest absolute Gasteiger partial charge is 0.416 e. The molecular weight excluding hydrogens is 317 g/mol. The minimum absolute atomic E-state index is 0.159. The number of halogens is 4. The fourth-order valence-corrected chi connectivity index (χ4v) is 1.95. The molecule has 0 heterocycles. The molecule has 0 bridgehead atoms. The van der Waals surface area contributed by atoms with Gasteiger partial charge in [-0.3, -0.25) is 4.79 Å². The van der Waals surface area contributed by atoms with E-state index in [1.807, 2.05) is 0 Å². The third kappa shape index (κ3) is 4.66. The molecule has 1 amide bonds. The van der Waals surface area contributed by atoms with Crippen molar-refractivity contribution in [3.05, 3.63) is 59.1 Å². The lowest BCUT2D eigenvalue weighted by atomic mass is 10.2. The Morgan fingerprint density at radius 2 is 1.73 bits per heavy atom. The topological polar surface area (TPSA) is 41.1 Å². The number of anilines is 2. The maximum absolute atomic E-state index is 12.6. The molecule has 2 N–H and O–H groups in total. The van der Waals surface area contributed by atoms with Gasteiger partial charge in [-0.05, 0) is 36.4 Å². The average Bonchev–Trinajstić information content (AvgIpc) is 2.45. The molecule has 0 atom stereocenters. The third-order valence-corrected chi connectivity index (χ3v) is 2.99. The van der Waals surface area contributed by atoms with Gasteiger partial charge in [0.05, 0.1) is 12.1 Å². The van der Waals surface area contributed by atoms with E-state index in [2.05, 4.69) is 10.6 Å². The van der Waals surface area contributed by atoms with Crippen LogP contribution >= 0.6 is 11.6 Å². The Morgan fingerprint density at radius 1 is 1.05 bits per heavy atom. The Labute approximate surface area is 130 Å². The zero-order valence-corrected chi connectivity index (χ0v) is 12.0. The first-order chi connectivity index (χ1) is 10.3. The van der Waals surface area contributed by atoms with Gasteiger partial charge in [0.25, 0.3) is 0 Å². The van der Waals surface area contributed by atoms with E-state index < -0.39 is 11.7 Å². The summed E-state index contributed by atoms with van der Waals surface area (Å²) >= 11 is 5.79. The normalized spacial score (nSPS) is 11.1. The molecule has 2 rings (SSSR count). The lowest BCUT2D eigenvalue weighted by molar-refractivity contribution is -0.137. The maximum atomic E-state index is 12.6. The summed E-state index contributed by atoms with van der Waals surface area (Å²) in [6.45, 7) is -0.159. The van der Waals surface area contributed by atoms with E-state index in [4.69, 9.17) is 11.6 Å². The summed E-state index contributed by atoms with van der Waals surface area (Å²) in [6.07, 6.45) is -4.42. The molecular formula is C15H12ClF3N2O. The van der Waals surface area contributed by atoms with Gasteiger partial charge in [0.15, 0.2) is 0 Å². The SMILES string of the molecule is O=C(CNc1cccc(C(F)(F)F)c1)Nc1cccc(Cl)c1. The van der Waals surface area contributed by atoms with Gasteiger partial charge in [0.2, 0.25) is 5.91 Å². The van der Waals surface area contributed by atoms with E-state index in [0.717, 1.165) is 12.1 Å². The van der Waals surface area contributed by atoms with Crippen molar-refractivity contribution in [2.75, 3.05) is 17.2 Å². The Bertz CT molecular complexity index is 674. The van der Waals surface area contributed by atoms with Crippen molar-refractivity contribution >= 4 is 28.9 Å². The molecule has 0 fully saturated rings. The van der Waals surface area contributed by atoms with Gasteiger partial charge in [-0.15, -0.1) is 0 Å². The van der Waals surface area contributed by atoms with E-state index in [0.29, 0.717) is 10.7 Å². The number of benzene rings is 2. The van der Waals surface area contributed by atoms with Crippen molar-refractivity contribution in [3.8, 4) is 0 Å².